The summed E-state index contributed by atoms with van der Waals surface area (Å²) in [6, 6.07) is 18.2. The highest BCUT2D eigenvalue weighted by molar-refractivity contribution is 5.82. The average Bonchev–Trinajstić information content (AvgIpc) is 3.13. The minimum Gasteiger partial charge on any atom is -0.491 e. The highest BCUT2D eigenvalue weighted by atomic mass is 16.5. The van der Waals surface area contributed by atoms with Crippen molar-refractivity contribution >= 4 is 10.9 Å². The van der Waals surface area contributed by atoms with E-state index >= 15 is 0 Å². The molecule has 1 saturated heterocycles. The van der Waals surface area contributed by atoms with Gasteiger partial charge in [0.15, 0.2) is 0 Å². The first-order valence-corrected chi connectivity index (χ1v) is 8.89. The lowest BCUT2D eigenvalue weighted by atomic mass is 9.92. The molecule has 0 unspecified atom stereocenters. The summed E-state index contributed by atoms with van der Waals surface area (Å²) < 4.78 is 5.78. The number of hydrogen-bond donors (Lipinski definition) is 2. The van der Waals surface area contributed by atoms with Crippen molar-refractivity contribution in [3.05, 3.63) is 66.4 Å². The fraction of sp³-hybridized carbons (Fsp3) is 0.333. The molecule has 4 heteroatoms. The zero-order chi connectivity index (χ0) is 17.1. The van der Waals surface area contributed by atoms with Crippen LogP contribution in [0.2, 0.25) is 0 Å². The molecule has 4 nitrogen and oxygen atoms in total. The Kier molecular flexibility index (Phi) is 4.47. The summed E-state index contributed by atoms with van der Waals surface area (Å²) >= 11 is 0. The number of fused-ring (bicyclic) bond motifs is 1. The molecule has 4 rings (SSSR count). The van der Waals surface area contributed by atoms with Gasteiger partial charge in [-0.05, 0) is 42.7 Å². The van der Waals surface area contributed by atoms with Crippen molar-refractivity contribution in [1.29, 1.82) is 0 Å². The van der Waals surface area contributed by atoms with Crippen LogP contribution in [0.15, 0.2) is 60.8 Å². The van der Waals surface area contributed by atoms with E-state index in [-0.39, 0.29) is 0 Å². The number of piperidine rings is 1. The molecule has 0 atom stereocenters. The van der Waals surface area contributed by atoms with Gasteiger partial charge in [-0.2, -0.15) is 0 Å². The van der Waals surface area contributed by atoms with E-state index in [0.29, 0.717) is 6.61 Å². The molecule has 2 heterocycles. The number of para-hydroxylation sites is 1. The number of H-pyrrole nitrogens is 1. The molecule has 3 aromatic rings. The Morgan fingerprint density at radius 1 is 1.00 bits per heavy atom. The van der Waals surface area contributed by atoms with Gasteiger partial charge in [0.2, 0.25) is 0 Å². The van der Waals surface area contributed by atoms with E-state index in [1.54, 1.807) is 0 Å². The van der Waals surface area contributed by atoms with Crippen LogP contribution in [0.3, 0.4) is 0 Å². The van der Waals surface area contributed by atoms with Gasteiger partial charge in [0.1, 0.15) is 18.0 Å². The van der Waals surface area contributed by atoms with Crippen molar-refractivity contribution in [2.45, 2.75) is 25.0 Å². The summed E-state index contributed by atoms with van der Waals surface area (Å²) in [5.41, 5.74) is 1.79. The second kappa shape index (κ2) is 6.90. The first-order valence-electron chi connectivity index (χ1n) is 8.89. The number of likely N-dealkylation sites (tertiary alicyclic amines) is 1. The van der Waals surface area contributed by atoms with Gasteiger partial charge in [0.05, 0.1) is 0 Å². The van der Waals surface area contributed by atoms with E-state index in [2.05, 4.69) is 34.1 Å². The molecular formula is C21H24N2O2. The maximum Gasteiger partial charge on any atom is 0.119 e. The van der Waals surface area contributed by atoms with Crippen LogP contribution in [0.5, 0.6) is 5.75 Å². The molecule has 0 saturated carbocycles. The number of aromatic amines is 1. The molecule has 1 aliphatic heterocycles. The predicted octanol–water partition coefficient (Wildman–Crippen LogP) is 3.57. The standard InChI is InChI=1S/C21H24N2O2/c24-21(16-25-18-6-2-1-3-7-18)10-13-23(14-11-21)15-17-5-4-8-20-19(17)9-12-22-20/h1-9,12,22,24H,10-11,13-16H2. The van der Waals surface area contributed by atoms with Crippen molar-refractivity contribution in [2.75, 3.05) is 19.7 Å². The van der Waals surface area contributed by atoms with E-state index in [4.69, 9.17) is 4.74 Å². The Bertz CT molecular complexity index is 820. The minimum absolute atomic E-state index is 0.359. The number of rotatable bonds is 5. The van der Waals surface area contributed by atoms with E-state index in [1.165, 1.54) is 16.5 Å². The maximum atomic E-state index is 10.8. The van der Waals surface area contributed by atoms with E-state index in [1.807, 2.05) is 36.5 Å². The van der Waals surface area contributed by atoms with Crippen LogP contribution >= 0.6 is 0 Å². The molecule has 0 bridgehead atoms. The van der Waals surface area contributed by atoms with Crippen molar-refractivity contribution in [2.24, 2.45) is 0 Å². The predicted molar refractivity (Wildman–Crippen MR) is 99.7 cm³/mol. The van der Waals surface area contributed by atoms with Crippen molar-refractivity contribution < 1.29 is 9.84 Å². The monoisotopic (exact) mass is 336 g/mol. The summed E-state index contributed by atoms with van der Waals surface area (Å²) in [6.45, 7) is 3.05. The van der Waals surface area contributed by atoms with Crippen LogP contribution in [0.1, 0.15) is 18.4 Å². The fourth-order valence-corrected chi connectivity index (χ4v) is 3.54. The van der Waals surface area contributed by atoms with Crippen molar-refractivity contribution in [1.82, 2.24) is 9.88 Å². The zero-order valence-corrected chi connectivity index (χ0v) is 14.3. The summed E-state index contributed by atoms with van der Waals surface area (Å²) in [5, 5.41) is 12.1. The second-order valence-electron chi connectivity index (χ2n) is 6.96. The minimum atomic E-state index is -0.730. The van der Waals surface area contributed by atoms with E-state index in [9.17, 15) is 5.11 Å². The normalized spacial score (nSPS) is 17.6. The average molecular weight is 336 g/mol. The van der Waals surface area contributed by atoms with E-state index < -0.39 is 5.60 Å². The highest BCUT2D eigenvalue weighted by Crippen LogP contribution is 2.26. The first kappa shape index (κ1) is 16.2. The molecule has 1 aliphatic rings. The number of hydrogen-bond acceptors (Lipinski definition) is 3. The highest BCUT2D eigenvalue weighted by Gasteiger charge is 2.33. The summed E-state index contributed by atoms with van der Waals surface area (Å²) in [7, 11) is 0. The van der Waals surface area contributed by atoms with Gasteiger partial charge in [0, 0.05) is 36.7 Å². The fourth-order valence-electron chi connectivity index (χ4n) is 3.54. The Morgan fingerprint density at radius 3 is 2.60 bits per heavy atom. The van der Waals surface area contributed by atoms with Gasteiger partial charge < -0.3 is 14.8 Å². The summed E-state index contributed by atoms with van der Waals surface area (Å²) in [6.07, 6.45) is 3.47. The van der Waals surface area contributed by atoms with E-state index in [0.717, 1.165) is 38.2 Å². The zero-order valence-electron chi connectivity index (χ0n) is 14.3. The maximum absolute atomic E-state index is 10.8. The topological polar surface area (TPSA) is 48.5 Å². The Hall–Kier alpha value is -2.30. The van der Waals surface area contributed by atoms with Crippen LogP contribution in [-0.2, 0) is 6.54 Å². The lowest BCUT2D eigenvalue weighted by Gasteiger charge is -2.38. The summed E-state index contributed by atoms with van der Waals surface area (Å²) in [4.78, 5) is 5.68. The Labute approximate surface area is 148 Å². The lowest BCUT2D eigenvalue weighted by molar-refractivity contribution is -0.0536. The Balaban J connectivity index is 1.34. The lowest BCUT2D eigenvalue weighted by Crippen LogP contribution is -2.47. The van der Waals surface area contributed by atoms with Crippen LogP contribution in [0.4, 0.5) is 0 Å². The van der Waals surface area contributed by atoms with Crippen molar-refractivity contribution in [3.8, 4) is 5.75 Å². The van der Waals surface area contributed by atoms with Gasteiger partial charge >= 0.3 is 0 Å². The molecule has 0 amide bonds. The third kappa shape index (κ3) is 3.70. The number of aliphatic hydroxyl groups is 1. The van der Waals surface area contributed by atoms with Crippen LogP contribution in [0.25, 0.3) is 10.9 Å². The molecule has 2 aromatic carbocycles. The molecular weight excluding hydrogens is 312 g/mol. The van der Waals surface area contributed by atoms with Crippen LogP contribution in [0, 0.1) is 0 Å². The number of benzene rings is 2. The number of aromatic nitrogens is 1. The van der Waals surface area contributed by atoms with Gasteiger partial charge in [-0.25, -0.2) is 0 Å². The Morgan fingerprint density at radius 2 is 1.80 bits per heavy atom. The largest absolute Gasteiger partial charge is 0.491 e. The number of nitrogens with zero attached hydrogens (tertiary/aromatic N) is 1. The molecule has 1 aromatic heterocycles. The quantitative estimate of drug-likeness (QED) is 0.749. The van der Waals surface area contributed by atoms with Gasteiger partial charge in [0.25, 0.3) is 0 Å². The van der Waals surface area contributed by atoms with Gasteiger partial charge in [-0.15, -0.1) is 0 Å². The molecule has 25 heavy (non-hydrogen) atoms. The first-order chi connectivity index (χ1) is 12.2. The van der Waals surface area contributed by atoms with Gasteiger partial charge in [-0.3, -0.25) is 4.90 Å². The summed E-state index contributed by atoms with van der Waals surface area (Å²) in [5.74, 6) is 0.817. The molecule has 130 valence electrons. The SMILES string of the molecule is OC1(COc2ccccc2)CCN(Cc2cccc3[nH]ccc23)CC1. The molecule has 0 radical (unpaired) electrons. The third-order valence-corrected chi connectivity index (χ3v) is 5.12. The third-order valence-electron chi connectivity index (χ3n) is 5.12. The molecule has 0 aliphatic carbocycles. The smallest absolute Gasteiger partial charge is 0.119 e. The number of ether oxygens (including phenoxy) is 1. The second-order valence-corrected chi connectivity index (χ2v) is 6.96. The molecule has 1 fully saturated rings. The van der Waals surface area contributed by atoms with Crippen LogP contribution < -0.4 is 4.74 Å². The van der Waals surface area contributed by atoms with Crippen LogP contribution in [-0.4, -0.2) is 40.3 Å². The van der Waals surface area contributed by atoms with Gasteiger partial charge in [-0.1, -0.05) is 30.3 Å². The molecule has 2 N–H and O–H groups in total. The number of nitrogens with one attached hydrogen (secondary N) is 1. The molecule has 0 spiro atoms. The van der Waals surface area contributed by atoms with Crippen molar-refractivity contribution in [3.63, 3.8) is 0 Å².